The van der Waals surface area contributed by atoms with Crippen LogP contribution in [0.25, 0.3) is 0 Å². The molecule has 0 unspecified atom stereocenters. The molecule has 2 rings (SSSR count). The highest BCUT2D eigenvalue weighted by molar-refractivity contribution is 5.25. The van der Waals surface area contributed by atoms with Crippen molar-refractivity contribution in [3.05, 3.63) is 17.8 Å². The average molecular weight is 234 g/mol. The van der Waals surface area contributed by atoms with Crippen LogP contribution in [0.4, 0.5) is 5.82 Å². The van der Waals surface area contributed by atoms with Crippen molar-refractivity contribution < 1.29 is 0 Å². The molecule has 0 bridgehead atoms. The maximum atomic E-state index is 5.53. The van der Waals surface area contributed by atoms with Crippen LogP contribution in [0.15, 0.2) is 12.1 Å². The summed E-state index contributed by atoms with van der Waals surface area (Å²) in [5.41, 5.74) is 6.60. The Hall–Kier alpha value is -1.16. The topological polar surface area (TPSA) is 55.0 Å². The third-order valence-electron chi connectivity index (χ3n) is 3.62. The number of rotatable bonds is 3. The zero-order valence-electron chi connectivity index (χ0n) is 10.8. The molecule has 17 heavy (non-hydrogen) atoms. The van der Waals surface area contributed by atoms with Crippen molar-refractivity contribution in [2.24, 2.45) is 5.92 Å². The van der Waals surface area contributed by atoms with E-state index in [1.54, 1.807) is 0 Å². The van der Waals surface area contributed by atoms with Crippen LogP contribution in [0.1, 0.15) is 32.4 Å². The van der Waals surface area contributed by atoms with E-state index in [0.29, 0.717) is 11.9 Å². The van der Waals surface area contributed by atoms with Gasteiger partial charge >= 0.3 is 0 Å². The number of likely N-dealkylation sites (tertiary alicyclic amines) is 1. The van der Waals surface area contributed by atoms with E-state index in [0.717, 1.165) is 18.0 Å². The standard InChI is InChI=1S/C13H22N4/c1-10(2)17-7-5-11(6-8-17)9-12-3-4-13(14)16-15-12/h3-4,10-11H,5-9H2,1-2H3,(H2,14,16). The molecule has 0 spiro atoms. The van der Waals surface area contributed by atoms with E-state index in [2.05, 4.69) is 28.9 Å². The fraction of sp³-hybridized carbons (Fsp3) is 0.692. The highest BCUT2D eigenvalue weighted by Gasteiger charge is 2.21. The minimum Gasteiger partial charge on any atom is -0.382 e. The summed E-state index contributed by atoms with van der Waals surface area (Å²) in [5, 5.41) is 8.04. The van der Waals surface area contributed by atoms with E-state index in [1.165, 1.54) is 25.9 Å². The van der Waals surface area contributed by atoms with Gasteiger partial charge in [0.15, 0.2) is 0 Å². The molecule has 0 radical (unpaired) electrons. The van der Waals surface area contributed by atoms with Gasteiger partial charge in [0.2, 0.25) is 0 Å². The molecule has 1 fully saturated rings. The smallest absolute Gasteiger partial charge is 0.146 e. The number of aromatic nitrogens is 2. The predicted molar refractivity (Wildman–Crippen MR) is 69.6 cm³/mol. The first-order chi connectivity index (χ1) is 8.15. The van der Waals surface area contributed by atoms with Gasteiger partial charge in [-0.1, -0.05) is 0 Å². The summed E-state index contributed by atoms with van der Waals surface area (Å²) >= 11 is 0. The van der Waals surface area contributed by atoms with Gasteiger partial charge in [-0.3, -0.25) is 0 Å². The Kier molecular flexibility index (Phi) is 3.94. The molecule has 0 aromatic carbocycles. The lowest BCUT2D eigenvalue weighted by Gasteiger charge is -2.34. The van der Waals surface area contributed by atoms with Crippen LogP contribution in [0.3, 0.4) is 0 Å². The second-order valence-corrected chi connectivity index (χ2v) is 5.23. The van der Waals surface area contributed by atoms with E-state index < -0.39 is 0 Å². The molecule has 2 N–H and O–H groups in total. The number of nitrogens with two attached hydrogens (primary N) is 1. The molecule has 2 heterocycles. The molecule has 4 heteroatoms. The number of piperidine rings is 1. The number of hydrogen-bond acceptors (Lipinski definition) is 4. The quantitative estimate of drug-likeness (QED) is 0.865. The van der Waals surface area contributed by atoms with Crippen LogP contribution in [-0.2, 0) is 6.42 Å². The van der Waals surface area contributed by atoms with Crippen molar-refractivity contribution >= 4 is 5.82 Å². The van der Waals surface area contributed by atoms with Crippen molar-refractivity contribution in [2.45, 2.75) is 39.2 Å². The molecular formula is C13H22N4. The molecule has 4 nitrogen and oxygen atoms in total. The number of nitrogens with zero attached hydrogens (tertiary/aromatic N) is 3. The fourth-order valence-electron chi connectivity index (χ4n) is 2.45. The zero-order chi connectivity index (χ0) is 12.3. The Morgan fingerprint density at radius 1 is 1.29 bits per heavy atom. The van der Waals surface area contributed by atoms with E-state index in [4.69, 9.17) is 5.73 Å². The van der Waals surface area contributed by atoms with Gasteiger partial charge in [-0.25, -0.2) is 0 Å². The summed E-state index contributed by atoms with van der Waals surface area (Å²) in [7, 11) is 0. The van der Waals surface area contributed by atoms with E-state index in [-0.39, 0.29) is 0 Å². The first-order valence-electron chi connectivity index (χ1n) is 6.47. The third kappa shape index (κ3) is 3.40. The van der Waals surface area contributed by atoms with Crippen LogP contribution in [-0.4, -0.2) is 34.2 Å². The molecular weight excluding hydrogens is 212 g/mol. The van der Waals surface area contributed by atoms with Gasteiger partial charge in [-0.2, -0.15) is 5.10 Å². The Morgan fingerprint density at radius 2 is 2.00 bits per heavy atom. The van der Waals surface area contributed by atoms with Gasteiger partial charge in [-0.05, 0) is 64.3 Å². The van der Waals surface area contributed by atoms with Crippen LogP contribution >= 0.6 is 0 Å². The summed E-state index contributed by atoms with van der Waals surface area (Å²) in [4.78, 5) is 2.55. The molecule has 0 amide bonds. The minimum atomic E-state index is 0.503. The van der Waals surface area contributed by atoms with Crippen LogP contribution in [0.2, 0.25) is 0 Å². The fourth-order valence-corrected chi connectivity index (χ4v) is 2.45. The van der Waals surface area contributed by atoms with E-state index in [9.17, 15) is 0 Å². The molecule has 1 aliphatic rings. The monoisotopic (exact) mass is 234 g/mol. The molecule has 0 atom stereocenters. The van der Waals surface area contributed by atoms with Gasteiger partial charge in [0.1, 0.15) is 5.82 Å². The zero-order valence-corrected chi connectivity index (χ0v) is 10.8. The Bertz CT molecular complexity index is 339. The normalized spacial score (nSPS) is 18.8. The van der Waals surface area contributed by atoms with Gasteiger partial charge in [0.25, 0.3) is 0 Å². The average Bonchev–Trinajstić information content (AvgIpc) is 2.33. The molecule has 1 saturated heterocycles. The summed E-state index contributed by atoms with van der Waals surface area (Å²) in [5.74, 6) is 1.26. The van der Waals surface area contributed by atoms with Gasteiger partial charge in [0, 0.05) is 6.04 Å². The van der Waals surface area contributed by atoms with E-state index in [1.807, 2.05) is 12.1 Å². The maximum absolute atomic E-state index is 5.53. The minimum absolute atomic E-state index is 0.503. The van der Waals surface area contributed by atoms with Crippen molar-refractivity contribution in [1.82, 2.24) is 15.1 Å². The second kappa shape index (κ2) is 5.45. The highest BCUT2D eigenvalue weighted by atomic mass is 15.2. The first-order valence-corrected chi connectivity index (χ1v) is 6.47. The SMILES string of the molecule is CC(C)N1CCC(Cc2ccc(N)nn2)CC1. The number of hydrogen-bond donors (Lipinski definition) is 1. The van der Waals surface area contributed by atoms with E-state index >= 15 is 0 Å². The molecule has 1 aromatic heterocycles. The molecule has 0 aliphatic carbocycles. The van der Waals surface area contributed by atoms with Crippen molar-refractivity contribution in [2.75, 3.05) is 18.8 Å². The lowest BCUT2D eigenvalue weighted by Crippen LogP contribution is -2.38. The summed E-state index contributed by atoms with van der Waals surface area (Å²) < 4.78 is 0. The second-order valence-electron chi connectivity index (χ2n) is 5.23. The van der Waals surface area contributed by atoms with Gasteiger partial charge in [-0.15, -0.1) is 5.10 Å². The third-order valence-corrected chi connectivity index (χ3v) is 3.62. The maximum Gasteiger partial charge on any atom is 0.146 e. The van der Waals surface area contributed by atoms with Gasteiger partial charge in [0.05, 0.1) is 5.69 Å². The van der Waals surface area contributed by atoms with Crippen LogP contribution < -0.4 is 5.73 Å². The lowest BCUT2D eigenvalue weighted by atomic mass is 9.91. The lowest BCUT2D eigenvalue weighted by molar-refractivity contribution is 0.149. The summed E-state index contributed by atoms with van der Waals surface area (Å²) in [6.45, 7) is 6.97. The first kappa shape index (κ1) is 12.3. The molecule has 1 aliphatic heterocycles. The Balaban J connectivity index is 1.84. The largest absolute Gasteiger partial charge is 0.382 e. The summed E-state index contributed by atoms with van der Waals surface area (Å²) in [6, 6.07) is 4.51. The van der Waals surface area contributed by atoms with Crippen molar-refractivity contribution in [3.8, 4) is 0 Å². The highest BCUT2D eigenvalue weighted by Crippen LogP contribution is 2.22. The Labute approximate surface area is 103 Å². The number of anilines is 1. The van der Waals surface area contributed by atoms with Crippen molar-refractivity contribution in [1.29, 1.82) is 0 Å². The summed E-state index contributed by atoms with van der Waals surface area (Å²) in [6.07, 6.45) is 3.58. The van der Waals surface area contributed by atoms with Crippen molar-refractivity contribution in [3.63, 3.8) is 0 Å². The van der Waals surface area contributed by atoms with Crippen LogP contribution in [0, 0.1) is 5.92 Å². The van der Waals surface area contributed by atoms with Gasteiger partial charge < -0.3 is 10.6 Å². The molecule has 94 valence electrons. The van der Waals surface area contributed by atoms with Crippen LogP contribution in [0.5, 0.6) is 0 Å². The molecule has 0 saturated carbocycles. The Morgan fingerprint density at radius 3 is 2.53 bits per heavy atom. The number of nitrogen functional groups attached to an aromatic ring is 1. The molecule has 1 aromatic rings. The predicted octanol–water partition coefficient (Wildman–Crippen LogP) is 1.72.